The van der Waals surface area contributed by atoms with Crippen LogP contribution in [0.1, 0.15) is 18.4 Å². The summed E-state index contributed by atoms with van der Waals surface area (Å²) in [5.74, 6) is 0.177. The van der Waals surface area contributed by atoms with Crippen LogP contribution in [0.5, 0.6) is 0 Å². The van der Waals surface area contributed by atoms with Gasteiger partial charge in [0.05, 0.1) is 0 Å². The molecule has 1 aromatic rings. The van der Waals surface area contributed by atoms with E-state index in [4.69, 9.17) is 0 Å². The quantitative estimate of drug-likeness (QED) is 0.863. The summed E-state index contributed by atoms with van der Waals surface area (Å²) in [5, 5.41) is 2.92. The van der Waals surface area contributed by atoms with E-state index in [-0.39, 0.29) is 5.91 Å². The molecule has 92 valence electrons. The fourth-order valence-corrected chi connectivity index (χ4v) is 2.29. The van der Waals surface area contributed by atoms with Crippen molar-refractivity contribution in [1.29, 1.82) is 0 Å². The van der Waals surface area contributed by atoms with E-state index in [0.717, 1.165) is 30.5 Å². The highest BCUT2D eigenvalue weighted by Gasteiger charge is 2.12. The number of amides is 1. The number of rotatable bonds is 1. The summed E-state index contributed by atoms with van der Waals surface area (Å²) in [6.45, 7) is 4.66. The number of benzene rings is 1. The van der Waals surface area contributed by atoms with Crippen LogP contribution in [0.2, 0.25) is 0 Å². The highest BCUT2D eigenvalue weighted by molar-refractivity contribution is 9.10. The zero-order valence-electron chi connectivity index (χ0n) is 10.0. The number of carbonyl (C=O) groups is 1. The Hall–Kier alpha value is -1.03. The molecule has 2 rings (SSSR count). The van der Waals surface area contributed by atoms with Crippen molar-refractivity contribution in [3.05, 3.63) is 28.2 Å². The standard InChI is InChI=1S/C13H17BrN2O/c1-10-9-11(4-5-12(10)14)16-7-2-3-13(17)15-6-8-16/h4-5,9H,2-3,6-8H2,1H3,(H,15,17). The second-order valence-corrected chi connectivity index (χ2v) is 5.23. The molecule has 0 atom stereocenters. The van der Waals surface area contributed by atoms with Gasteiger partial charge in [-0.15, -0.1) is 0 Å². The highest BCUT2D eigenvalue weighted by atomic mass is 79.9. The molecule has 1 amide bonds. The third kappa shape index (κ3) is 3.22. The van der Waals surface area contributed by atoms with E-state index in [0.29, 0.717) is 6.42 Å². The lowest BCUT2D eigenvalue weighted by atomic mass is 10.1. The third-order valence-electron chi connectivity index (χ3n) is 3.04. The lowest BCUT2D eigenvalue weighted by Crippen LogP contribution is -2.38. The molecule has 1 aliphatic heterocycles. The number of nitrogens with zero attached hydrogens (tertiary/aromatic N) is 1. The SMILES string of the molecule is Cc1cc(N2CCCC(=O)NCC2)ccc1Br. The van der Waals surface area contributed by atoms with Crippen molar-refractivity contribution in [3.63, 3.8) is 0 Å². The molecule has 1 heterocycles. The predicted octanol–water partition coefficient (Wildman–Crippen LogP) is 2.47. The van der Waals surface area contributed by atoms with Crippen LogP contribution in [0.15, 0.2) is 22.7 Å². The van der Waals surface area contributed by atoms with Crippen molar-refractivity contribution in [3.8, 4) is 0 Å². The molecule has 0 spiro atoms. The first-order valence-electron chi connectivity index (χ1n) is 5.94. The van der Waals surface area contributed by atoms with E-state index in [1.54, 1.807) is 0 Å². The number of aryl methyl sites for hydroxylation is 1. The zero-order chi connectivity index (χ0) is 12.3. The van der Waals surface area contributed by atoms with Crippen molar-refractivity contribution in [1.82, 2.24) is 5.32 Å². The van der Waals surface area contributed by atoms with Gasteiger partial charge in [0.15, 0.2) is 0 Å². The van der Waals surface area contributed by atoms with Gasteiger partial charge in [0, 0.05) is 36.2 Å². The van der Waals surface area contributed by atoms with Gasteiger partial charge < -0.3 is 10.2 Å². The molecule has 4 heteroatoms. The fraction of sp³-hybridized carbons (Fsp3) is 0.462. The van der Waals surface area contributed by atoms with Crippen LogP contribution in [-0.2, 0) is 4.79 Å². The van der Waals surface area contributed by atoms with Gasteiger partial charge in [0.25, 0.3) is 0 Å². The molecule has 17 heavy (non-hydrogen) atoms. The molecule has 3 nitrogen and oxygen atoms in total. The van der Waals surface area contributed by atoms with Crippen LogP contribution in [0.25, 0.3) is 0 Å². The fourth-order valence-electron chi connectivity index (χ4n) is 2.04. The van der Waals surface area contributed by atoms with Gasteiger partial charge in [0.2, 0.25) is 5.91 Å². The third-order valence-corrected chi connectivity index (χ3v) is 3.93. The molecule has 0 bridgehead atoms. The van der Waals surface area contributed by atoms with Crippen LogP contribution in [0.4, 0.5) is 5.69 Å². The van der Waals surface area contributed by atoms with Crippen molar-refractivity contribution >= 4 is 27.5 Å². The molecule has 1 N–H and O–H groups in total. The Morgan fingerprint density at radius 3 is 2.94 bits per heavy atom. The lowest BCUT2D eigenvalue weighted by Gasteiger charge is -2.27. The maximum Gasteiger partial charge on any atom is 0.220 e. The predicted molar refractivity (Wildman–Crippen MR) is 73.3 cm³/mol. The van der Waals surface area contributed by atoms with Crippen LogP contribution < -0.4 is 10.2 Å². The Morgan fingerprint density at radius 2 is 2.18 bits per heavy atom. The first kappa shape index (κ1) is 12.4. The van der Waals surface area contributed by atoms with Crippen molar-refractivity contribution in [2.24, 2.45) is 0 Å². The van der Waals surface area contributed by atoms with Gasteiger partial charge in [-0.05, 0) is 37.1 Å². The molecule has 1 aromatic carbocycles. The number of anilines is 1. The van der Waals surface area contributed by atoms with Crippen LogP contribution in [-0.4, -0.2) is 25.5 Å². The Balaban J connectivity index is 2.09. The first-order valence-corrected chi connectivity index (χ1v) is 6.74. The van der Waals surface area contributed by atoms with Gasteiger partial charge in [0.1, 0.15) is 0 Å². The van der Waals surface area contributed by atoms with Crippen LogP contribution in [0, 0.1) is 6.92 Å². The Kier molecular flexibility index (Phi) is 4.05. The van der Waals surface area contributed by atoms with E-state index in [9.17, 15) is 4.79 Å². The maximum absolute atomic E-state index is 11.2. The summed E-state index contributed by atoms with van der Waals surface area (Å²) in [4.78, 5) is 13.6. The van der Waals surface area contributed by atoms with Gasteiger partial charge in [-0.3, -0.25) is 4.79 Å². The Labute approximate surface area is 110 Å². The molecular formula is C13H17BrN2O. The zero-order valence-corrected chi connectivity index (χ0v) is 11.6. The molecule has 0 saturated carbocycles. The first-order chi connectivity index (χ1) is 8.16. The minimum Gasteiger partial charge on any atom is -0.370 e. The van der Waals surface area contributed by atoms with Gasteiger partial charge in [-0.2, -0.15) is 0 Å². The van der Waals surface area contributed by atoms with E-state index < -0.39 is 0 Å². The molecule has 0 aliphatic carbocycles. The summed E-state index contributed by atoms with van der Waals surface area (Å²) in [5.41, 5.74) is 2.48. The van der Waals surface area contributed by atoms with Gasteiger partial charge in [-0.1, -0.05) is 15.9 Å². The Morgan fingerprint density at radius 1 is 1.35 bits per heavy atom. The molecule has 1 fully saturated rings. The summed E-state index contributed by atoms with van der Waals surface area (Å²) in [7, 11) is 0. The molecule has 1 aliphatic rings. The molecule has 1 saturated heterocycles. The van der Waals surface area contributed by atoms with E-state index in [1.165, 1.54) is 11.3 Å². The van der Waals surface area contributed by atoms with Crippen molar-refractivity contribution in [2.75, 3.05) is 24.5 Å². The molecular weight excluding hydrogens is 280 g/mol. The largest absolute Gasteiger partial charge is 0.370 e. The summed E-state index contributed by atoms with van der Waals surface area (Å²) in [6, 6.07) is 6.40. The summed E-state index contributed by atoms with van der Waals surface area (Å²) >= 11 is 3.51. The van der Waals surface area contributed by atoms with E-state index >= 15 is 0 Å². The number of hydrogen-bond donors (Lipinski definition) is 1. The number of carbonyl (C=O) groups excluding carboxylic acids is 1. The highest BCUT2D eigenvalue weighted by Crippen LogP contribution is 2.23. The number of halogens is 1. The maximum atomic E-state index is 11.2. The summed E-state index contributed by atoms with van der Waals surface area (Å²) < 4.78 is 1.14. The van der Waals surface area contributed by atoms with E-state index in [1.807, 2.05) is 0 Å². The average Bonchev–Trinajstić information content (AvgIpc) is 2.27. The second kappa shape index (κ2) is 5.54. The average molecular weight is 297 g/mol. The molecule has 0 unspecified atom stereocenters. The smallest absolute Gasteiger partial charge is 0.220 e. The van der Waals surface area contributed by atoms with Crippen LogP contribution >= 0.6 is 15.9 Å². The number of nitrogens with one attached hydrogen (secondary N) is 1. The van der Waals surface area contributed by atoms with Crippen LogP contribution in [0.3, 0.4) is 0 Å². The normalized spacial score (nSPS) is 17.3. The topological polar surface area (TPSA) is 32.3 Å². The monoisotopic (exact) mass is 296 g/mol. The van der Waals surface area contributed by atoms with Gasteiger partial charge >= 0.3 is 0 Å². The second-order valence-electron chi connectivity index (χ2n) is 4.37. The molecule has 0 aromatic heterocycles. The van der Waals surface area contributed by atoms with E-state index in [2.05, 4.69) is 51.3 Å². The Bertz CT molecular complexity index is 408. The van der Waals surface area contributed by atoms with Crippen molar-refractivity contribution in [2.45, 2.75) is 19.8 Å². The van der Waals surface area contributed by atoms with Gasteiger partial charge in [-0.25, -0.2) is 0 Å². The minimum absolute atomic E-state index is 0.177. The number of hydrogen-bond acceptors (Lipinski definition) is 2. The van der Waals surface area contributed by atoms with Crippen molar-refractivity contribution < 1.29 is 4.79 Å². The summed E-state index contributed by atoms with van der Waals surface area (Å²) in [6.07, 6.45) is 1.55. The minimum atomic E-state index is 0.177. The lowest BCUT2D eigenvalue weighted by molar-refractivity contribution is -0.121. The molecule has 0 radical (unpaired) electrons.